The quantitative estimate of drug-likeness (QED) is 0.580. The molecule has 0 aliphatic heterocycles. The Kier molecular flexibility index (Phi) is 3.30. The molecule has 1 saturated carbocycles. The molecule has 1 aliphatic carbocycles. The van der Waals surface area contributed by atoms with Crippen LogP contribution in [-0.2, 0) is 0 Å². The smallest absolute Gasteiger partial charge is 0.449 e. The lowest BCUT2D eigenvalue weighted by atomic mass is 9.57. The molecule has 0 aromatic rings. The molecule has 0 amide bonds. The van der Waals surface area contributed by atoms with E-state index < -0.39 is 12.8 Å². The molecule has 0 spiro atoms. The Labute approximate surface area is 78.0 Å². The Balaban J connectivity index is 2.67. The Bertz CT molecular complexity index is 165. The van der Waals surface area contributed by atoms with Crippen molar-refractivity contribution in [1.82, 2.24) is 0 Å². The summed E-state index contributed by atoms with van der Waals surface area (Å²) >= 11 is 0. The molecule has 13 heavy (non-hydrogen) atoms. The maximum Gasteiger partial charge on any atom is 0.481 e. The first-order valence-electron chi connectivity index (χ1n) is 5.13. The predicted molar refractivity (Wildman–Crippen MR) is 49.6 cm³/mol. The van der Waals surface area contributed by atoms with Gasteiger partial charge >= 0.3 is 6.98 Å². The molecule has 0 radical (unpaired) electrons. The fraction of sp³-hybridized carbons (Fsp3) is 1.00. The van der Waals surface area contributed by atoms with Crippen molar-refractivity contribution < 1.29 is 12.9 Å². The highest BCUT2D eigenvalue weighted by atomic mass is 19.4. The molecule has 1 fully saturated rings. The van der Waals surface area contributed by atoms with Gasteiger partial charge in [-0.2, -0.15) is 0 Å². The zero-order valence-corrected chi connectivity index (χ0v) is 8.27. The van der Waals surface area contributed by atoms with Crippen molar-refractivity contribution in [2.45, 2.75) is 45.3 Å². The third-order valence-electron chi connectivity index (χ3n) is 3.22. The average Bonchev–Trinajstić information content (AvgIpc) is 2.03. The Hall–Kier alpha value is -0.145. The van der Waals surface area contributed by atoms with Crippen LogP contribution in [0.3, 0.4) is 0 Å². The molecule has 0 nitrogen and oxygen atoms in total. The van der Waals surface area contributed by atoms with Gasteiger partial charge < -0.3 is 12.9 Å². The molecule has 1 rings (SSSR count). The first-order valence-corrected chi connectivity index (χ1v) is 5.13. The van der Waals surface area contributed by atoms with Crippen molar-refractivity contribution in [3.05, 3.63) is 0 Å². The van der Waals surface area contributed by atoms with Gasteiger partial charge in [0.25, 0.3) is 0 Å². The molecule has 0 aromatic heterocycles. The van der Waals surface area contributed by atoms with Crippen molar-refractivity contribution in [2.75, 3.05) is 0 Å². The van der Waals surface area contributed by atoms with E-state index in [1.807, 2.05) is 13.8 Å². The van der Waals surface area contributed by atoms with Crippen LogP contribution in [0, 0.1) is 11.8 Å². The van der Waals surface area contributed by atoms with E-state index in [2.05, 4.69) is 0 Å². The van der Waals surface area contributed by atoms with E-state index in [0.717, 1.165) is 19.3 Å². The maximum atomic E-state index is 12.6. The van der Waals surface area contributed by atoms with Gasteiger partial charge in [-0.3, -0.25) is 0 Å². The van der Waals surface area contributed by atoms with Gasteiger partial charge in [0.1, 0.15) is 0 Å². The molecule has 0 saturated heterocycles. The second-order valence-corrected chi connectivity index (χ2v) is 4.48. The summed E-state index contributed by atoms with van der Waals surface area (Å²) < 4.78 is 37.8. The summed E-state index contributed by atoms with van der Waals surface area (Å²) in [5.41, 5.74) is 0. The van der Waals surface area contributed by atoms with Gasteiger partial charge in [-0.25, -0.2) is 0 Å². The van der Waals surface area contributed by atoms with E-state index in [-0.39, 0.29) is 11.8 Å². The topological polar surface area (TPSA) is 0 Å². The molecule has 0 heterocycles. The standard InChI is InChI=1S/C9H17BF3/c1-7(2)8-5-3-4-6-9(8)10(11,12)13/h7-9H,3-6H2,1-2H3/q-1/t8-,9?/m1/s1. The van der Waals surface area contributed by atoms with Crippen molar-refractivity contribution in [1.29, 1.82) is 0 Å². The van der Waals surface area contributed by atoms with Gasteiger partial charge in [-0.05, 0) is 5.92 Å². The number of rotatable bonds is 2. The Morgan fingerprint density at radius 2 is 1.62 bits per heavy atom. The van der Waals surface area contributed by atoms with Crippen LogP contribution in [0.15, 0.2) is 0 Å². The molecule has 4 heteroatoms. The van der Waals surface area contributed by atoms with Crippen molar-refractivity contribution >= 4 is 6.98 Å². The van der Waals surface area contributed by atoms with Crippen LogP contribution in [-0.4, -0.2) is 6.98 Å². The number of halogens is 3. The number of hydrogen-bond donors (Lipinski definition) is 0. The van der Waals surface area contributed by atoms with Gasteiger partial charge in [0.15, 0.2) is 0 Å². The first kappa shape index (κ1) is 10.9. The van der Waals surface area contributed by atoms with Crippen molar-refractivity contribution in [3.63, 3.8) is 0 Å². The largest absolute Gasteiger partial charge is 0.481 e. The molecular formula is C9H17BF3-. The van der Waals surface area contributed by atoms with Crippen LogP contribution >= 0.6 is 0 Å². The van der Waals surface area contributed by atoms with Crippen molar-refractivity contribution in [3.8, 4) is 0 Å². The molecule has 2 atom stereocenters. The summed E-state index contributed by atoms with van der Waals surface area (Å²) in [6.45, 7) is -0.794. The monoisotopic (exact) mass is 193 g/mol. The predicted octanol–water partition coefficient (Wildman–Crippen LogP) is 4.05. The molecule has 0 aromatic carbocycles. The molecule has 1 unspecified atom stereocenters. The van der Waals surface area contributed by atoms with Gasteiger partial charge in [-0.15, -0.1) is 0 Å². The zero-order valence-electron chi connectivity index (χ0n) is 8.27. The van der Waals surface area contributed by atoms with Crippen LogP contribution in [0.25, 0.3) is 0 Å². The summed E-state index contributed by atoms with van der Waals surface area (Å²) in [6, 6.07) is 0. The molecule has 0 N–H and O–H groups in total. The van der Waals surface area contributed by atoms with Gasteiger partial charge in [0.05, 0.1) is 0 Å². The Morgan fingerprint density at radius 1 is 1.08 bits per heavy atom. The second kappa shape index (κ2) is 3.93. The van der Waals surface area contributed by atoms with Crippen LogP contribution in [0.2, 0.25) is 5.82 Å². The SMILES string of the molecule is CC(C)[C@H]1CCCCC1[B-](F)(F)F. The van der Waals surface area contributed by atoms with Crippen LogP contribution in [0.5, 0.6) is 0 Å². The van der Waals surface area contributed by atoms with Gasteiger partial charge in [0, 0.05) is 0 Å². The Morgan fingerprint density at radius 3 is 2.00 bits per heavy atom. The number of hydrogen-bond acceptors (Lipinski definition) is 0. The minimum atomic E-state index is -4.61. The third-order valence-corrected chi connectivity index (χ3v) is 3.22. The van der Waals surface area contributed by atoms with E-state index in [1.165, 1.54) is 0 Å². The van der Waals surface area contributed by atoms with E-state index in [0.29, 0.717) is 6.42 Å². The van der Waals surface area contributed by atoms with E-state index >= 15 is 0 Å². The molecule has 0 bridgehead atoms. The molecular weight excluding hydrogens is 176 g/mol. The molecule has 1 aliphatic rings. The lowest BCUT2D eigenvalue weighted by molar-refractivity contribution is 0.236. The van der Waals surface area contributed by atoms with Crippen molar-refractivity contribution in [2.24, 2.45) is 11.8 Å². The van der Waals surface area contributed by atoms with Gasteiger partial charge in [0.2, 0.25) is 0 Å². The third kappa shape index (κ3) is 2.65. The summed E-state index contributed by atoms with van der Waals surface area (Å²) in [4.78, 5) is 0. The minimum absolute atomic E-state index is 0.117. The highest BCUT2D eigenvalue weighted by Gasteiger charge is 2.41. The molecule has 78 valence electrons. The summed E-state index contributed by atoms with van der Waals surface area (Å²) in [6.07, 6.45) is 2.87. The fourth-order valence-corrected chi connectivity index (χ4v) is 2.49. The fourth-order valence-electron chi connectivity index (χ4n) is 2.49. The van der Waals surface area contributed by atoms with Gasteiger partial charge in [-0.1, -0.05) is 51.3 Å². The first-order chi connectivity index (χ1) is 5.93. The van der Waals surface area contributed by atoms with Crippen LogP contribution in [0.1, 0.15) is 39.5 Å². The highest BCUT2D eigenvalue weighted by Crippen LogP contribution is 2.46. The minimum Gasteiger partial charge on any atom is -0.449 e. The second-order valence-electron chi connectivity index (χ2n) is 4.48. The zero-order chi connectivity index (χ0) is 10.1. The van der Waals surface area contributed by atoms with Crippen LogP contribution in [0.4, 0.5) is 12.9 Å². The maximum absolute atomic E-state index is 12.6. The summed E-state index contributed by atoms with van der Waals surface area (Å²) in [5.74, 6) is -0.920. The lowest BCUT2D eigenvalue weighted by Crippen LogP contribution is -2.34. The van der Waals surface area contributed by atoms with Crippen LogP contribution < -0.4 is 0 Å². The summed E-state index contributed by atoms with van der Waals surface area (Å²) in [7, 11) is 0. The van der Waals surface area contributed by atoms with E-state index in [4.69, 9.17) is 0 Å². The lowest BCUT2D eigenvalue weighted by Gasteiger charge is -2.40. The normalized spacial score (nSPS) is 30.9. The van der Waals surface area contributed by atoms with E-state index in [9.17, 15) is 12.9 Å². The van der Waals surface area contributed by atoms with E-state index in [1.54, 1.807) is 0 Å². The average molecular weight is 193 g/mol. The summed E-state index contributed by atoms with van der Waals surface area (Å²) in [5, 5.41) is 0. The highest BCUT2D eigenvalue weighted by molar-refractivity contribution is 6.60.